The molecule has 1 aromatic rings. The van der Waals surface area contributed by atoms with Gasteiger partial charge >= 0.3 is 0 Å². The Labute approximate surface area is 113 Å². The number of rotatable bonds is 2. The number of amides is 1. The number of likely N-dealkylation sites (tertiary alicyclic amines) is 1. The van der Waals surface area contributed by atoms with Crippen molar-refractivity contribution in [3.8, 4) is 5.75 Å². The molecule has 1 heterocycles. The van der Waals surface area contributed by atoms with Gasteiger partial charge in [-0.05, 0) is 31.9 Å². The molecule has 4 heteroatoms. The van der Waals surface area contributed by atoms with Crippen molar-refractivity contribution in [2.75, 3.05) is 20.2 Å². The molecule has 2 rings (SSSR count). The van der Waals surface area contributed by atoms with Gasteiger partial charge in [-0.15, -0.1) is 11.6 Å². The summed E-state index contributed by atoms with van der Waals surface area (Å²) in [6, 6.07) is 5.65. The van der Waals surface area contributed by atoms with Crippen LogP contribution in [0, 0.1) is 6.92 Å². The predicted octanol–water partition coefficient (Wildman–Crippen LogP) is 2.85. The van der Waals surface area contributed by atoms with E-state index in [0.29, 0.717) is 17.9 Å². The monoisotopic (exact) mass is 267 g/mol. The first-order valence-electron chi connectivity index (χ1n) is 6.20. The van der Waals surface area contributed by atoms with Crippen molar-refractivity contribution in [3.63, 3.8) is 0 Å². The van der Waals surface area contributed by atoms with E-state index in [0.717, 1.165) is 24.9 Å². The molecule has 18 heavy (non-hydrogen) atoms. The molecule has 0 aromatic heterocycles. The zero-order valence-corrected chi connectivity index (χ0v) is 11.5. The van der Waals surface area contributed by atoms with Gasteiger partial charge in [0.25, 0.3) is 5.91 Å². The lowest BCUT2D eigenvalue weighted by Gasteiger charge is -2.30. The van der Waals surface area contributed by atoms with Crippen LogP contribution in [0.3, 0.4) is 0 Å². The molecule has 1 amide bonds. The van der Waals surface area contributed by atoms with Gasteiger partial charge in [-0.2, -0.15) is 0 Å². The average molecular weight is 268 g/mol. The SMILES string of the molecule is COc1ccc(C)cc1C(=O)N1CCCC(Cl)C1. The summed E-state index contributed by atoms with van der Waals surface area (Å²) in [6.45, 7) is 3.37. The summed E-state index contributed by atoms with van der Waals surface area (Å²) in [5.74, 6) is 0.642. The lowest BCUT2D eigenvalue weighted by molar-refractivity contribution is 0.0723. The fraction of sp³-hybridized carbons (Fsp3) is 0.500. The highest BCUT2D eigenvalue weighted by molar-refractivity contribution is 6.21. The minimum absolute atomic E-state index is 0.0147. The third kappa shape index (κ3) is 2.78. The molecular formula is C14H18ClNO2. The number of halogens is 1. The van der Waals surface area contributed by atoms with Gasteiger partial charge in [-0.25, -0.2) is 0 Å². The van der Waals surface area contributed by atoms with Gasteiger partial charge in [-0.3, -0.25) is 4.79 Å². The Kier molecular flexibility index (Phi) is 4.12. The fourth-order valence-electron chi connectivity index (χ4n) is 2.27. The van der Waals surface area contributed by atoms with Crippen molar-refractivity contribution in [3.05, 3.63) is 29.3 Å². The van der Waals surface area contributed by atoms with Gasteiger partial charge in [0.05, 0.1) is 18.1 Å². The van der Waals surface area contributed by atoms with E-state index in [1.807, 2.05) is 30.0 Å². The van der Waals surface area contributed by atoms with Gasteiger partial charge in [0, 0.05) is 13.1 Å². The van der Waals surface area contributed by atoms with E-state index < -0.39 is 0 Å². The lowest BCUT2D eigenvalue weighted by Crippen LogP contribution is -2.40. The number of hydrogen-bond acceptors (Lipinski definition) is 2. The van der Waals surface area contributed by atoms with Crippen LogP contribution in [0.5, 0.6) is 5.75 Å². The quantitative estimate of drug-likeness (QED) is 0.771. The van der Waals surface area contributed by atoms with Crippen LogP contribution < -0.4 is 4.74 Å². The zero-order chi connectivity index (χ0) is 13.1. The van der Waals surface area contributed by atoms with Crippen molar-refractivity contribution < 1.29 is 9.53 Å². The molecule has 1 aliphatic heterocycles. The molecule has 1 fully saturated rings. The number of ether oxygens (including phenoxy) is 1. The highest BCUT2D eigenvalue weighted by atomic mass is 35.5. The molecule has 0 saturated carbocycles. The number of methoxy groups -OCH3 is 1. The highest BCUT2D eigenvalue weighted by Crippen LogP contribution is 2.24. The summed E-state index contributed by atoms with van der Waals surface area (Å²) in [4.78, 5) is 14.3. The molecule has 3 nitrogen and oxygen atoms in total. The Balaban J connectivity index is 2.24. The standard InChI is InChI=1S/C14H18ClNO2/c1-10-5-6-13(18-2)12(8-10)14(17)16-7-3-4-11(15)9-16/h5-6,8,11H,3-4,7,9H2,1-2H3. The van der Waals surface area contributed by atoms with Crippen molar-refractivity contribution in [1.82, 2.24) is 4.90 Å². The fourth-order valence-corrected chi connectivity index (χ4v) is 2.59. The normalized spacial score (nSPS) is 19.7. The summed E-state index contributed by atoms with van der Waals surface area (Å²) < 4.78 is 5.26. The van der Waals surface area contributed by atoms with Crippen molar-refractivity contribution >= 4 is 17.5 Å². The molecule has 1 atom stereocenters. The highest BCUT2D eigenvalue weighted by Gasteiger charge is 2.25. The van der Waals surface area contributed by atoms with Crippen LogP contribution in [0.4, 0.5) is 0 Å². The van der Waals surface area contributed by atoms with Gasteiger partial charge in [-0.1, -0.05) is 11.6 Å². The second-order valence-corrected chi connectivity index (χ2v) is 5.31. The summed E-state index contributed by atoms with van der Waals surface area (Å²) >= 11 is 6.12. The Bertz CT molecular complexity index is 447. The maximum atomic E-state index is 12.5. The van der Waals surface area contributed by atoms with Crippen molar-refractivity contribution in [2.45, 2.75) is 25.1 Å². The van der Waals surface area contributed by atoms with Gasteiger partial charge in [0.15, 0.2) is 0 Å². The zero-order valence-electron chi connectivity index (χ0n) is 10.8. The van der Waals surface area contributed by atoms with Crippen LogP contribution in [0.15, 0.2) is 18.2 Å². The molecule has 1 aromatic carbocycles. The van der Waals surface area contributed by atoms with Crippen LogP contribution in [0.1, 0.15) is 28.8 Å². The molecule has 0 radical (unpaired) electrons. The minimum Gasteiger partial charge on any atom is -0.496 e. The van der Waals surface area contributed by atoms with Crippen LogP contribution in [-0.4, -0.2) is 36.4 Å². The first kappa shape index (κ1) is 13.2. The first-order valence-corrected chi connectivity index (χ1v) is 6.63. The number of piperidine rings is 1. The number of nitrogens with zero attached hydrogens (tertiary/aromatic N) is 1. The van der Waals surface area contributed by atoms with Crippen LogP contribution >= 0.6 is 11.6 Å². The van der Waals surface area contributed by atoms with E-state index in [2.05, 4.69) is 0 Å². The Morgan fingerprint density at radius 2 is 2.28 bits per heavy atom. The van der Waals surface area contributed by atoms with E-state index in [1.165, 1.54) is 0 Å². The van der Waals surface area contributed by atoms with Gasteiger partial charge in [0.2, 0.25) is 0 Å². The molecule has 1 unspecified atom stereocenters. The Hall–Kier alpha value is -1.22. The van der Waals surface area contributed by atoms with E-state index in [9.17, 15) is 4.79 Å². The molecule has 1 aliphatic rings. The minimum atomic E-state index is 0.0147. The maximum Gasteiger partial charge on any atom is 0.257 e. The summed E-state index contributed by atoms with van der Waals surface area (Å²) in [5.41, 5.74) is 1.68. The molecule has 0 bridgehead atoms. The molecule has 1 saturated heterocycles. The number of carbonyl (C=O) groups excluding carboxylic acids is 1. The Morgan fingerprint density at radius 1 is 1.50 bits per heavy atom. The Morgan fingerprint density at radius 3 is 2.94 bits per heavy atom. The summed E-state index contributed by atoms with van der Waals surface area (Å²) in [7, 11) is 1.59. The number of aryl methyl sites for hydroxylation is 1. The largest absolute Gasteiger partial charge is 0.496 e. The van der Waals surface area contributed by atoms with E-state index in [1.54, 1.807) is 7.11 Å². The van der Waals surface area contributed by atoms with Gasteiger partial charge in [0.1, 0.15) is 5.75 Å². The van der Waals surface area contributed by atoms with Crippen LogP contribution in [0.2, 0.25) is 0 Å². The summed E-state index contributed by atoms with van der Waals surface area (Å²) in [6.07, 6.45) is 1.95. The third-order valence-corrected chi connectivity index (χ3v) is 3.59. The van der Waals surface area contributed by atoms with E-state index >= 15 is 0 Å². The molecular weight excluding hydrogens is 250 g/mol. The molecule has 0 spiro atoms. The first-order chi connectivity index (χ1) is 8.61. The van der Waals surface area contributed by atoms with Crippen LogP contribution in [0.25, 0.3) is 0 Å². The molecule has 0 aliphatic carbocycles. The smallest absolute Gasteiger partial charge is 0.257 e. The molecule has 98 valence electrons. The predicted molar refractivity (Wildman–Crippen MR) is 72.5 cm³/mol. The van der Waals surface area contributed by atoms with Gasteiger partial charge < -0.3 is 9.64 Å². The second kappa shape index (κ2) is 5.61. The average Bonchev–Trinajstić information content (AvgIpc) is 2.38. The second-order valence-electron chi connectivity index (χ2n) is 4.69. The number of carbonyl (C=O) groups is 1. The van der Waals surface area contributed by atoms with E-state index in [-0.39, 0.29) is 11.3 Å². The van der Waals surface area contributed by atoms with Crippen molar-refractivity contribution in [2.24, 2.45) is 0 Å². The maximum absolute atomic E-state index is 12.5. The van der Waals surface area contributed by atoms with E-state index in [4.69, 9.17) is 16.3 Å². The lowest BCUT2D eigenvalue weighted by atomic mass is 10.1. The third-order valence-electron chi connectivity index (χ3n) is 3.24. The number of alkyl halides is 1. The summed E-state index contributed by atoms with van der Waals surface area (Å²) in [5, 5.41) is 0.0681. The number of hydrogen-bond donors (Lipinski definition) is 0. The topological polar surface area (TPSA) is 29.5 Å². The molecule has 0 N–H and O–H groups in total. The van der Waals surface area contributed by atoms with Crippen molar-refractivity contribution in [1.29, 1.82) is 0 Å². The number of benzene rings is 1. The van der Waals surface area contributed by atoms with Crippen LogP contribution in [-0.2, 0) is 0 Å².